The first-order chi connectivity index (χ1) is 12.6. The highest BCUT2D eigenvalue weighted by atomic mass is 16.5. The van der Waals surface area contributed by atoms with Crippen molar-refractivity contribution in [2.24, 2.45) is 0 Å². The van der Waals surface area contributed by atoms with Crippen LogP contribution in [0.1, 0.15) is 44.1 Å². The predicted molar refractivity (Wildman–Crippen MR) is 101 cm³/mol. The molecule has 142 valence electrons. The first kappa shape index (κ1) is 20.0. The molecule has 0 atom stereocenters. The second kappa shape index (κ2) is 10.6. The molecule has 26 heavy (non-hydrogen) atoms. The number of esters is 1. The van der Waals surface area contributed by atoms with Gasteiger partial charge in [0.05, 0.1) is 27.1 Å². The third-order valence-corrected chi connectivity index (χ3v) is 4.77. The summed E-state index contributed by atoms with van der Waals surface area (Å²) in [5, 5.41) is 0. The summed E-state index contributed by atoms with van der Waals surface area (Å²) in [7, 11) is 2.99. The van der Waals surface area contributed by atoms with Crippen LogP contribution in [0.25, 0.3) is 0 Å². The number of carbonyl (C=O) groups is 2. The Labute approximate surface area is 156 Å². The van der Waals surface area contributed by atoms with Gasteiger partial charge in [-0.3, -0.25) is 9.59 Å². The molecular formula is C21H29NO4. The number of ether oxygens (including phenoxy) is 2. The fraction of sp³-hybridized carbons (Fsp3) is 0.524. The molecule has 0 radical (unpaired) electrons. The molecule has 0 unspecified atom stereocenters. The van der Waals surface area contributed by atoms with Gasteiger partial charge in [0, 0.05) is 13.1 Å². The third-order valence-electron chi connectivity index (χ3n) is 4.77. The van der Waals surface area contributed by atoms with Crippen molar-refractivity contribution >= 4 is 11.9 Å². The zero-order chi connectivity index (χ0) is 18.8. The molecule has 0 aromatic heterocycles. The van der Waals surface area contributed by atoms with Gasteiger partial charge in [0.15, 0.2) is 0 Å². The highest BCUT2D eigenvalue weighted by Crippen LogP contribution is 2.20. The number of benzene rings is 1. The van der Waals surface area contributed by atoms with E-state index in [0.717, 1.165) is 30.6 Å². The lowest BCUT2D eigenvalue weighted by molar-refractivity contribution is -0.141. The Morgan fingerprint density at radius 2 is 1.85 bits per heavy atom. The number of carbonyl (C=O) groups excluding carboxylic acids is 2. The van der Waals surface area contributed by atoms with E-state index >= 15 is 0 Å². The van der Waals surface area contributed by atoms with Gasteiger partial charge in [-0.05, 0) is 49.8 Å². The fourth-order valence-corrected chi connectivity index (χ4v) is 3.13. The van der Waals surface area contributed by atoms with Crippen LogP contribution >= 0.6 is 0 Å². The molecule has 1 aliphatic rings. The number of amides is 1. The number of allylic oxidation sites excluding steroid dienone is 1. The van der Waals surface area contributed by atoms with Crippen LogP contribution < -0.4 is 4.74 Å². The van der Waals surface area contributed by atoms with E-state index in [9.17, 15) is 9.59 Å². The smallest absolute Gasteiger partial charge is 0.307 e. The standard InChI is InChI=1S/C21H29NO4/c1-25-19-10-8-18(9-11-19)16-20(23)22(15-13-21(24)26-2)14-12-17-6-4-3-5-7-17/h6,8-11H,3-5,7,12-16H2,1-2H3. The second-order valence-electron chi connectivity index (χ2n) is 6.59. The zero-order valence-electron chi connectivity index (χ0n) is 15.8. The largest absolute Gasteiger partial charge is 0.497 e. The molecular weight excluding hydrogens is 330 g/mol. The van der Waals surface area contributed by atoms with Crippen LogP contribution in [0.4, 0.5) is 0 Å². The van der Waals surface area contributed by atoms with Crippen molar-refractivity contribution in [3.63, 3.8) is 0 Å². The topological polar surface area (TPSA) is 55.8 Å². The number of hydrogen-bond donors (Lipinski definition) is 0. The average Bonchev–Trinajstić information content (AvgIpc) is 2.69. The van der Waals surface area contributed by atoms with E-state index in [4.69, 9.17) is 9.47 Å². The summed E-state index contributed by atoms with van der Waals surface area (Å²) < 4.78 is 9.87. The predicted octanol–water partition coefficient (Wildman–Crippen LogP) is 3.52. The fourth-order valence-electron chi connectivity index (χ4n) is 3.13. The Morgan fingerprint density at radius 1 is 1.08 bits per heavy atom. The Balaban J connectivity index is 1.96. The van der Waals surface area contributed by atoms with E-state index in [1.807, 2.05) is 24.3 Å². The van der Waals surface area contributed by atoms with Crippen molar-refractivity contribution < 1.29 is 19.1 Å². The van der Waals surface area contributed by atoms with Crippen molar-refractivity contribution in [3.05, 3.63) is 41.5 Å². The number of methoxy groups -OCH3 is 2. The highest BCUT2D eigenvalue weighted by molar-refractivity contribution is 5.79. The Morgan fingerprint density at radius 3 is 2.46 bits per heavy atom. The monoisotopic (exact) mass is 359 g/mol. The summed E-state index contributed by atoms with van der Waals surface area (Å²) in [5.74, 6) is 0.521. The molecule has 0 N–H and O–H groups in total. The van der Waals surface area contributed by atoms with E-state index in [1.165, 1.54) is 25.5 Å². The molecule has 0 saturated carbocycles. The van der Waals surface area contributed by atoms with Crippen LogP contribution in [0.5, 0.6) is 5.75 Å². The van der Waals surface area contributed by atoms with Crippen LogP contribution in [-0.4, -0.2) is 44.1 Å². The molecule has 1 aromatic carbocycles. The SMILES string of the molecule is COC(=O)CCN(CCC1=CCCCC1)C(=O)Cc1ccc(OC)cc1. The normalized spacial score (nSPS) is 13.7. The van der Waals surface area contributed by atoms with Crippen molar-refractivity contribution in [2.75, 3.05) is 27.3 Å². The molecule has 0 heterocycles. The minimum Gasteiger partial charge on any atom is -0.497 e. The molecule has 1 amide bonds. The summed E-state index contributed by atoms with van der Waals surface area (Å²) in [6.45, 7) is 1.05. The molecule has 0 fully saturated rings. The van der Waals surface area contributed by atoms with Crippen LogP contribution in [0.2, 0.25) is 0 Å². The van der Waals surface area contributed by atoms with Gasteiger partial charge >= 0.3 is 5.97 Å². The van der Waals surface area contributed by atoms with Gasteiger partial charge in [-0.1, -0.05) is 23.8 Å². The molecule has 1 aliphatic carbocycles. The molecule has 1 aromatic rings. The van der Waals surface area contributed by atoms with Gasteiger partial charge in [0.25, 0.3) is 0 Å². The maximum absolute atomic E-state index is 12.8. The lowest BCUT2D eigenvalue weighted by Gasteiger charge is -2.24. The molecule has 0 spiro atoms. The van der Waals surface area contributed by atoms with Crippen LogP contribution in [0, 0.1) is 0 Å². The summed E-state index contributed by atoms with van der Waals surface area (Å²) >= 11 is 0. The van der Waals surface area contributed by atoms with Gasteiger partial charge in [-0.25, -0.2) is 0 Å². The van der Waals surface area contributed by atoms with E-state index in [2.05, 4.69) is 6.08 Å². The van der Waals surface area contributed by atoms with E-state index < -0.39 is 0 Å². The molecule has 0 bridgehead atoms. The molecule has 0 aliphatic heterocycles. The van der Waals surface area contributed by atoms with Crippen molar-refractivity contribution in [2.45, 2.75) is 44.9 Å². The lowest BCUT2D eigenvalue weighted by Crippen LogP contribution is -2.35. The highest BCUT2D eigenvalue weighted by Gasteiger charge is 2.17. The Hall–Kier alpha value is -2.30. The van der Waals surface area contributed by atoms with Gasteiger partial charge in [-0.15, -0.1) is 0 Å². The first-order valence-corrected chi connectivity index (χ1v) is 9.28. The van der Waals surface area contributed by atoms with E-state index in [0.29, 0.717) is 19.5 Å². The third kappa shape index (κ3) is 6.54. The molecule has 5 heteroatoms. The number of rotatable bonds is 9. The summed E-state index contributed by atoms with van der Waals surface area (Å²) in [5.41, 5.74) is 2.37. The van der Waals surface area contributed by atoms with Gasteiger partial charge in [-0.2, -0.15) is 0 Å². The Bertz CT molecular complexity index is 621. The maximum Gasteiger partial charge on any atom is 0.307 e. The lowest BCUT2D eigenvalue weighted by atomic mass is 9.97. The van der Waals surface area contributed by atoms with Crippen LogP contribution in [0.3, 0.4) is 0 Å². The van der Waals surface area contributed by atoms with Crippen molar-refractivity contribution in [1.82, 2.24) is 4.90 Å². The second-order valence-corrected chi connectivity index (χ2v) is 6.59. The molecule has 5 nitrogen and oxygen atoms in total. The van der Waals surface area contributed by atoms with Crippen LogP contribution in [-0.2, 0) is 20.7 Å². The van der Waals surface area contributed by atoms with Crippen molar-refractivity contribution in [1.29, 1.82) is 0 Å². The number of hydrogen-bond acceptors (Lipinski definition) is 4. The minimum atomic E-state index is -0.288. The average molecular weight is 359 g/mol. The van der Waals surface area contributed by atoms with Crippen LogP contribution in [0.15, 0.2) is 35.9 Å². The van der Waals surface area contributed by atoms with Gasteiger partial charge in [0.1, 0.15) is 5.75 Å². The molecule has 0 saturated heterocycles. The number of nitrogens with zero attached hydrogens (tertiary/aromatic N) is 1. The minimum absolute atomic E-state index is 0.0375. The zero-order valence-corrected chi connectivity index (χ0v) is 15.8. The quantitative estimate of drug-likeness (QED) is 0.500. The van der Waals surface area contributed by atoms with E-state index in [1.54, 1.807) is 12.0 Å². The van der Waals surface area contributed by atoms with Gasteiger partial charge < -0.3 is 14.4 Å². The van der Waals surface area contributed by atoms with Crippen molar-refractivity contribution in [3.8, 4) is 5.75 Å². The Kier molecular flexibility index (Phi) is 8.19. The van der Waals surface area contributed by atoms with Gasteiger partial charge in [0.2, 0.25) is 5.91 Å². The first-order valence-electron chi connectivity index (χ1n) is 9.28. The summed E-state index contributed by atoms with van der Waals surface area (Å²) in [6, 6.07) is 7.51. The summed E-state index contributed by atoms with van der Waals surface area (Å²) in [6.07, 6.45) is 8.48. The molecule has 2 rings (SSSR count). The van der Waals surface area contributed by atoms with E-state index in [-0.39, 0.29) is 18.3 Å². The maximum atomic E-state index is 12.8. The summed E-state index contributed by atoms with van der Waals surface area (Å²) in [4.78, 5) is 26.0.